The Kier molecular flexibility index (Phi) is 6.29. The Hall–Kier alpha value is -0.800. The van der Waals surface area contributed by atoms with Crippen molar-refractivity contribution in [1.82, 2.24) is 5.32 Å². The van der Waals surface area contributed by atoms with Crippen LogP contribution in [0.3, 0.4) is 0 Å². The molecule has 0 heterocycles. The van der Waals surface area contributed by atoms with Crippen LogP contribution in [0.2, 0.25) is 0 Å². The molecule has 0 fully saturated rings. The number of methoxy groups -OCH3 is 1. The van der Waals surface area contributed by atoms with Gasteiger partial charge in [0.1, 0.15) is 0 Å². The largest absolute Gasteiger partial charge is 0.405 e. The number of rotatable bonds is 6. The highest BCUT2D eigenvalue weighted by Gasteiger charge is 2.39. The fourth-order valence-corrected chi connectivity index (χ4v) is 0.950. The van der Waals surface area contributed by atoms with Crippen molar-refractivity contribution in [3.05, 3.63) is 0 Å². The summed E-state index contributed by atoms with van der Waals surface area (Å²) in [6, 6.07) is 1.14. The second-order valence-electron chi connectivity index (χ2n) is 3.31. The zero-order valence-electron chi connectivity index (χ0n) is 8.77. The lowest BCUT2D eigenvalue weighted by atomic mass is 10.1. The Morgan fingerprint density at radius 3 is 2.47 bits per heavy atom. The van der Waals surface area contributed by atoms with E-state index in [1.165, 1.54) is 13.2 Å². The highest BCUT2D eigenvalue weighted by atomic mass is 19.4. The van der Waals surface area contributed by atoms with Crippen molar-refractivity contribution in [1.29, 1.82) is 5.26 Å². The standard InChI is InChI=1S/C9H15F3N2O/c1-7(3-4-15-2)14-6-8(5-13)9(10,11)12/h7-8,14H,3-4,6H2,1-2H3. The predicted molar refractivity (Wildman–Crippen MR) is 49.1 cm³/mol. The molecule has 0 saturated carbocycles. The number of ether oxygens (including phenoxy) is 1. The van der Waals surface area contributed by atoms with Crippen LogP contribution < -0.4 is 5.32 Å². The van der Waals surface area contributed by atoms with E-state index < -0.39 is 12.1 Å². The molecule has 0 spiro atoms. The summed E-state index contributed by atoms with van der Waals surface area (Å²) in [5, 5.41) is 11.0. The minimum atomic E-state index is -4.46. The first-order valence-corrected chi connectivity index (χ1v) is 4.60. The molecule has 0 aromatic rings. The molecule has 2 unspecified atom stereocenters. The number of nitrogens with one attached hydrogen (secondary N) is 1. The van der Waals surface area contributed by atoms with Crippen molar-refractivity contribution in [2.45, 2.75) is 25.6 Å². The highest BCUT2D eigenvalue weighted by Crippen LogP contribution is 2.24. The molecule has 0 aliphatic carbocycles. The van der Waals surface area contributed by atoms with Gasteiger partial charge in [0, 0.05) is 26.3 Å². The minimum Gasteiger partial charge on any atom is -0.385 e. The summed E-state index contributed by atoms with van der Waals surface area (Å²) in [5.41, 5.74) is 0. The number of alkyl halides is 3. The molecule has 2 atom stereocenters. The minimum absolute atomic E-state index is 0.0943. The molecule has 0 aliphatic rings. The van der Waals surface area contributed by atoms with Crippen LogP contribution in [0.25, 0.3) is 0 Å². The monoisotopic (exact) mass is 224 g/mol. The van der Waals surface area contributed by atoms with Crippen LogP contribution in [0.4, 0.5) is 13.2 Å². The van der Waals surface area contributed by atoms with Gasteiger partial charge in [0.2, 0.25) is 0 Å². The summed E-state index contributed by atoms with van der Waals surface area (Å²) in [6.45, 7) is 1.87. The van der Waals surface area contributed by atoms with Gasteiger partial charge in [-0.25, -0.2) is 0 Å². The van der Waals surface area contributed by atoms with Crippen molar-refractivity contribution in [2.75, 3.05) is 20.3 Å². The van der Waals surface area contributed by atoms with E-state index in [9.17, 15) is 13.2 Å². The fraction of sp³-hybridized carbons (Fsp3) is 0.889. The van der Waals surface area contributed by atoms with Crippen molar-refractivity contribution in [2.24, 2.45) is 5.92 Å². The zero-order chi connectivity index (χ0) is 11.9. The Balaban J connectivity index is 3.87. The lowest BCUT2D eigenvalue weighted by Gasteiger charge is -2.17. The van der Waals surface area contributed by atoms with Gasteiger partial charge in [0.15, 0.2) is 5.92 Å². The maximum absolute atomic E-state index is 12.1. The first-order valence-electron chi connectivity index (χ1n) is 4.60. The third-order valence-corrected chi connectivity index (χ3v) is 1.98. The van der Waals surface area contributed by atoms with Crippen LogP contribution in [-0.2, 0) is 4.74 Å². The maximum atomic E-state index is 12.1. The molecule has 0 saturated heterocycles. The molecule has 0 radical (unpaired) electrons. The third-order valence-electron chi connectivity index (χ3n) is 1.98. The quantitative estimate of drug-likeness (QED) is 0.747. The van der Waals surface area contributed by atoms with Gasteiger partial charge in [-0.2, -0.15) is 18.4 Å². The Bertz CT molecular complexity index is 212. The van der Waals surface area contributed by atoms with E-state index in [0.29, 0.717) is 13.0 Å². The first kappa shape index (κ1) is 14.2. The predicted octanol–water partition coefficient (Wildman–Crippen LogP) is 1.70. The van der Waals surface area contributed by atoms with Crippen LogP contribution in [0.5, 0.6) is 0 Å². The molecule has 0 aromatic heterocycles. The zero-order valence-corrected chi connectivity index (χ0v) is 8.77. The molecule has 0 rings (SSSR count). The summed E-state index contributed by atoms with van der Waals surface area (Å²) >= 11 is 0. The van der Waals surface area contributed by atoms with Gasteiger partial charge in [-0.15, -0.1) is 0 Å². The highest BCUT2D eigenvalue weighted by molar-refractivity contribution is 4.90. The van der Waals surface area contributed by atoms with E-state index >= 15 is 0 Å². The molecular weight excluding hydrogens is 209 g/mol. The SMILES string of the molecule is COCCC(C)NCC(C#N)C(F)(F)F. The topological polar surface area (TPSA) is 45.0 Å². The number of hydrogen-bond donors (Lipinski definition) is 1. The lowest BCUT2D eigenvalue weighted by Crippen LogP contribution is -2.37. The third kappa shape index (κ3) is 6.31. The van der Waals surface area contributed by atoms with Crippen molar-refractivity contribution in [3.8, 4) is 6.07 Å². The van der Waals surface area contributed by atoms with E-state index in [2.05, 4.69) is 5.32 Å². The summed E-state index contributed by atoms with van der Waals surface area (Å²) in [5.74, 6) is -1.94. The summed E-state index contributed by atoms with van der Waals surface area (Å²) in [6.07, 6.45) is -3.84. The van der Waals surface area contributed by atoms with Gasteiger partial charge in [-0.05, 0) is 13.3 Å². The Morgan fingerprint density at radius 1 is 1.47 bits per heavy atom. The van der Waals surface area contributed by atoms with Crippen LogP contribution in [0.1, 0.15) is 13.3 Å². The normalized spacial score (nSPS) is 15.7. The second kappa shape index (κ2) is 6.64. The van der Waals surface area contributed by atoms with Gasteiger partial charge >= 0.3 is 6.18 Å². The summed E-state index contributed by atoms with van der Waals surface area (Å²) in [7, 11) is 1.53. The van der Waals surface area contributed by atoms with Crippen LogP contribution in [-0.4, -0.2) is 32.5 Å². The van der Waals surface area contributed by atoms with Gasteiger partial charge < -0.3 is 10.1 Å². The van der Waals surface area contributed by atoms with E-state index in [0.717, 1.165) is 0 Å². The lowest BCUT2D eigenvalue weighted by molar-refractivity contribution is -0.157. The molecular formula is C9H15F3N2O. The molecule has 6 heteroatoms. The Labute approximate surface area is 87.2 Å². The molecule has 3 nitrogen and oxygen atoms in total. The Morgan fingerprint density at radius 2 is 2.07 bits per heavy atom. The number of nitriles is 1. The van der Waals surface area contributed by atoms with Gasteiger partial charge in [-0.1, -0.05) is 0 Å². The number of halogens is 3. The molecule has 0 bridgehead atoms. The van der Waals surface area contributed by atoms with Crippen molar-refractivity contribution in [3.63, 3.8) is 0 Å². The van der Waals surface area contributed by atoms with Gasteiger partial charge in [-0.3, -0.25) is 0 Å². The van der Waals surface area contributed by atoms with Crippen LogP contribution >= 0.6 is 0 Å². The number of hydrogen-bond acceptors (Lipinski definition) is 3. The van der Waals surface area contributed by atoms with E-state index in [1.807, 2.05) is 0 Å². The van der Waals surface area contributed by atoms with Crippen molar-refractivity contribution < 1.29 is 17.9 Å². The smallest absolute Gasteiger partial charge is 0.385 e. The van der Waals surface area contributed by atoms with E-state index in [4.69, 9.17) is 10.00 Å². The number of nitrogens with zero attached hydrogens (tertiary/aromatic N) is 1. The second-order valence-corrected chi connectivity index (χ2v) is 3.31. The fourth-order valence-electron chi connectivity index (χ4n) is 0.950. The molecule has 88 valence electrons. The molecule has 0 amide bonds. The van der Waals surface area contributed by atoms with Crippen LogP contribution in [0, 0.1) is 17.2 Å². The van der Waals surface area contributed by atoms with Crippen LogP contribution in [0.15, 0.2) is 0 Å². The average molecular weight is 224 g/mol. The molecule has 1 N–H and O–H groups in total. The van der Waals surface area contributed by atoms with Gasteiger partial charge in [0.25, 0.3) is 0 Å². The average Bonchev–Trinajstić information content (AvgIpc) is 2.13. The molecule has 0 aromatic carbocycles. The van der Waals surface area contributed by atoms with Gasteiger partial charge in [0.05, 0.1) is 6.07 Å². The molecule has 15 heavy (non-hydrogen) atoms. The van der Waals surface area contributed by atoms with Crippen molar-refractivity contribution >= 4 is 0 Å². The summed E-state index contributed by atoms with van der Waals surface area (Å²) in [4.78, 5) is 0. The maximum Gasteiger partial charge on any atom is 0.405 e. The van der Waals surface area contributed by atoms with E-state index in [-0.39, 0.29) is 12.6 Å². The summed E-state index contributed by atoms with van der Waals surface area (Å²) < 4.78 is 41.2. The molecule has 0 aliphatic heterocycles. The first-order chi connectivity index (χ1) is 6.91. The van der Waals surface area contributed by atoms with E-state index in [1.54, 1.807) is 6.92 Å².